The van der Waals surface area contributed by atoms with Crippen molar-refractivity contribution in [1.82, 2.24) is 15.4 Å². The first-order chi connectivity index (χ1) is 8.97. The molecule has 0 aromatic carbocycles. The zero-order chi connectivity index (χ0) is 13.9. The fourth-order valence-corrected chi connectivity index (χ4v) is 2.13. The summed E-state index contributed by atoms with van der Waals surface area (Å²) in [6.45, 7) is 5.34. The number of carbonyl (C=O) groups excluding carboxylic acids is 2. The summed E-state index contributed by atoms with van der Waals surface area (Å²) in [6.07, 6.45) is 1.78. The molecule has 1 aromatic rings. The van der Waals surface area contributed by atoms with Crippen LogP contribution in [0.5, 0.6) is 0 Å². The Morgan fingerprint density at radius 3 is 3.11 bits per heavy atom. The molecule has 104 valence electrons. The first-order valence-electron chi connectivity index (χ1n) is 6.19. The van der Waals surface area contributed by atoms with Crippen LogP contribution in [0, 0.1) is 0 Å². The van der Waals surface area contributed by atoms with Crippen molar-refractivity contribution < 1.29 is 14.1 Å². The topological polar surface area (TPSA) is 87.5 Å². The van der Waals surface area contributed by atoms with Crippen molar-refractivity contribution in [3.05, 3.63) is 12.3 Å². The standard InChI is InChI=1S/C12H18N4O3/c1-12(2)7-10(17)13-4-5-16(12)8-11(18)14-9-3-6-19-15-9/h3,6H,4-5,7-8H2,1-2H3,(H,13,17)(H,14,15,18). The van der Waals surface area contributed by atoms with Gasteiger partial charge in [0.05, 0.1) is 6.54 Å². The minimum absolute atomic E-state index is 0.0180. The second-order valence-corrected chi connectivity index (χ2v) is 5.19. The van der Waals surface area contributed by atoms with Crippen LogP contribution in [-0.4, -0.2) is 47.0 Å². The molecule has 2 heterocycles. The summed E-state index contributed by atoms with van der Waals surface area (Å²) in [6, 6.07) is 1.58. The molecule has 7 nitrogen and oxygen atoms in total. The first-order valence-corrected chi connectivity index (χ1v) is 6.19. The SMILES string of the molecule is CC1(C)CC(=O)NCCN1CC(=O)Nc1ccon1. The van der Waals surface area contributed by atoms with Gasteiger partial charge in [-0.15, -0.1) is 0 Å². The third-order valence-corrected chi connectivity index (χ3v) is 3.19. The van der Waals surface area contributed by atoms with Crippen molar-refractivity contribution in [2.24, 2.45) is 0 Å². The normalized spacial score (nSPS) is 19.6. The number of aromatic nitrogens is 1. The predicted octanol–water partition coefficient (Wildman–Crippen LogP) is 0.214. The predicted molar refractivity (Wildman–Crippen MR) is 68.4 cm³/mol. The van der Waals surface area contributed by atoms with E-state index in [1.165, 1.54) is 6.26 Å². The van der Waals surface area contributed by atoms with Crippen molar-refractivity contribution in [3.8, 4) is 0 Å². The summed E-state index contributed by atoms with van der Waals surface area (Å²) >= 11 is 0. The molecule has 2 rings (SSSR count). The molecule has 0 saturated carbocycles. The van der Waals surface area contributed by atoms with Gasteiger partial charge in [0, 0.05) is 31.1 Å². The Labute approximate surface area is 111 Å². The quantitative estimate of drug-likeness (QED) is 0.816. The summed E-state index contributed by atoms with van der Waals surface area (Å²) in [5, 5.41) is 9.08. The zero-order valence-corrected chi connectivity index (χ0v) is 11.1. The molecule has 2 N–H and O–H groups in total. The number of hydrogen-bond acceptors (Lipinski definition) is 5. The van der Waals surface area contributed by atoms with Crippen molar-refractivity contribution in [3.63, 3.8) is 0 Å². The van der Waals surface area contributed by atoms with E-state index in [9.17, 15) is 9.59 Å². The van der Waals surface area contributed by atoms with Gasteiger partial charge in [0.2, 0.25) is 11.8 Å². The Balaban J connectivity index is 1.96. The maximum atomic E-state index is 11.9. The Hall–Kier alpha value is -1.89. The summed E-state index contributed by atoms with van der Waals surface area (Å²) in [5.74, 6) is 0.243. The number of amides is 2. The third kappa shape index (κ3) is 3.54. The van der Waals surface area contributed by atoms with Crippen LogP contribution in [-0.2, 0) is 9.59 Å². The molecule has 1 fully saturated rings. The van der Waals surface area contributed by atoms with Gasteiger partial charge >= 0.3 is 0 Å². The maximum Gasteiger partial charge on any atom is 0.239 e. The number of carbonyl (C=O) groups is 2. The number of nitrogens with zero attached hydrogens (tertiary/aromatic N) is 2. The molecule has 7 heteroatoms. The van der Waals surface area contributed by atoms with E-state index >= 15 is 0 Å². The second kappa shape index (κ2) is 5.40. The maximum absolute atomic E-state index is 11.9. The van der Waals surface area contributed by atoms with E-state index in [4.69, 9.17) is 0 Å². The van der Waals surface area contributed by atoms with E-state index in [1.807, 2.05) is 18.7 Å². The first kappa shape index (κ1) is 13.5. The van der Waals surface area contributed by atoms with Crippen molar-refractivity contribution >= 4 is 17.6 Å². The van der Waals surface area contributed by atoms with Crippen LogP contribution >= 0.6 is 0 Å². The van der Waals surface area contributed by atoms with E-state index in [1.54, 1.807) is 6.07 Å². The smallest absolute Gasteiger partial charge is 0.239 e. The fourth-order valence-electron chi connectivity index (χ4n) is 2.13. The average molecular weight is 266 g/mol. The van der Waals surface area contributed by atoms with Gasteiger partial charge in [-0.2, -0.15) is 0 Å². The second-order valence-electron chi connectivity index (χ2n) is 5.19. The van der Waals surface area contributed by atoms with E-state index in [-0.39, 0.29) is 23.9 Å². The van der Waals surface area contributed by atoms with E-state index in [0.29, 0.717) is 25.3 Å². The summed E-state index contributed by atoms with van der Waals surface area (Å²) < 4.78 is 4.65. The van der Waals surface area contributed by atoms with Gasteiger partial charge in [-0.3, -0.25) is 14.5 Å². The highest BCUT2D eigenvalue weighted by Crippen LogP contribution is 2.20. The Morgan fingerprint density at radius 1 is 1.63 bits per heavy atom. The van der Waals surface area contributed by atoms with Crippen LogP contribution in [0.15, 0.2) is 16.9 Å². The number of rotatable bonds is 3. The summed E-state index contributed by atoms with van der Waals surface area (Å²) in [7, 11) is 0. The van der Waals surface area contributed by atoms with Crippen LogP contribution < -0.4 is 10.6 Å². The highest BCUT2D eigenvalue weighted by Gasteiger charge is 2.32. The molecular weight excluding hydrogens is 248 g/mol. The number of anilines is 1. The summed E-state index contributed by atoms with van der Waals surface area (Å²) in [5.41, 5.74) is -0.345. The van der Waals surface area contributed by atoms with Gasteiger partial charge in [-0.1, -0.05) is 5.16 Å². The molecule has 0 radical (unpaired) electrons. The van der Waals surface area contributed by atoms with Crippen molar-refractivity contribution in [2.45, 2.75) is 25.8 Å². The third-order valence-electron chi connectivity index (χ3n) is 3.19. The van der Waals surface area contributed by atoms with Crippen LogP contribution in [0.2, 0.25) is 0 Å². The average Bonchev–Trinajstić information content (AvgIpc) is 2.75. The van der Waals surface area contributed by atoms with Gasteiger partial charge < -0.3 is 15.2 Å². The highest BCUT2D eigenvalue weighted by molar-refractivity contribution is 5.91. The highest BCUT2D eigenvalue weighted by atomic mass is 16.5. The lowest BCUT2D eigenvalue weighted by molar-refractivity contribution is -0.123. The van der Waals surface area contributed by atoms with E-state index in [0.717, 1.165) is 0 Å². The van der Waals surface area contributed by atoms with Crippen molar-refractivity contribution in [1.29, 1.82) is 0 Å². The van der Waals surface area contributed by atoms with Gasteiger partial charge in [-0.05, 0) is 13.8 Å². The Kier molecular flexibility index (Phi) is 3.84. The molecule has 0 spiro atoms. The van der Waals surface area contributed by atoms with Gasteiger partial charge in [-0.25, -0.2) is 0 Å². The molecule has 19 heavy (non-hydrogen) atoms. The molecule has 1 aromatic heterocycles. The van der Waals surface area contributed by atoms with Crippen molar-refractivity contribution in [2.75, 3.05) is 25.0 Å². The molecule has 1 saturated heterocycles. The number of nitrogens with one attached hydrogen (secondary N) is 2. The van der Waals surface area contributed by atoms with Gasteiger partial charge in [0.15, 0.2) is 5.82 Å². The Morgan fingerprint density at radius 2 is 2.42 bits per heavy atom. The van der Waals surface area contributed by atoms with Gasteiger partial charge in [0.1, 0.15) is 6.26 Å². The van der Waals surface area contributed by atoms with Crippen LogP contribution in [0.25, 0.3) is 0 Å². The lowest BCUT2D eigenvalue weighted by atomic mass is 9.98. The minimum atomic E-state index is -0.345. The zero-order valence-electron chi connectivity index (χ0n) is 11.1. The molecule has 1 aliphatic rings. The largest absolute Gasteiger partial charge is 0.363 e. The lowest BCUT2D eigenvalue weighted by Crippen LogP contribution is -2.48. The monoisotopic (exact) mass is 266 g/mol. The molecule has 2 amide bonds. The van der Waals surface area contributed by atoms with E-state index in [2.05, 4.69) is 20.3 Å². The van der Waals surface area contributed by atoms with E-state index < -0.39 is 0 Å². The molecular formula is C12H18N4O3. The van der Waals surface area contributed by atoms with Gasteiger partial charge in [0.25, 0.3) is 0 Å². The molecule has 1 aliphatic heterocycles. The number of hydrogen-bond donors (Lipinski definition) is 2. The summed E-state index contributed by atoms with van der Waals surface area (Å²) in [4.78, 5) is 25.4. The van der Waals surface area contributed by atoms with Crippen LogP contribution in [0.3, 0.4) is 0 Å². The molecule has 0 atom stereocenters. The molecule has 0 aliphatic carbocycles. The molecule has 0 bridgehead atoms. The Bertz CT molecular complexity index is 456. The van der Waals surface area contributed by atoms with Crippen LogP contribution in [0.1, 0.15) is 20.3 Å². The fraction of sp³-hybridized carbons (Fsp3) is 0.583. The molecule has 0 unspecified atom stereocenters. The van der Waals surface area contributed by atoms with Crippen LogP contribution in [0.4, 0.5) is 5.82 Å². The lowest BCUT2D eigenvalue weighted by Gasteiger charge is -2.35. The minimum Gasteiger partial charge on any atom is -0.363 e.